The van der Waals surface area contributed by atoms with Crippen molar-refractivity contribution in [3.05, 3.63) is 29.8 Å². The van der Waals surface area contributed by atoms with Crippen LogP contribution in [-0.2, 0) is 6.18 Å². The van der Waals surface area contributed by atoms with E-state index in [0.29, 0.717) is 5.92 Å². The maximum Gasteiger partial charge on any atom is 0.419 e. The van der Waals surface area contributed by atoms with Crippen molar-refractivity contribution in [2.45, 2.75) is 38.5 Å². The number of para-hydroxylation sites is 1. The Hall–Kier alpha value is -1.19. The van der Waals surface area contributed by atoms with Gasteiger partial charge in [-0.05, 0) is 30.9 Å². The van der Waals surface area contributed by atoms with Crippen LogP contribution >= 0.6 is 0 Å². The van der Waals surface area contributed by atoms with E-state index in [0.717, 1.165) is 25.3 Å². The Balaban J connectivity index is 2.06. The van der Waals surface area contributed by atoms with Crippen molar-refractivity contribution < 1.29 is 17.9 Å². The molecule has 1 saturated carbocycles. The minimum absolute atomic E-state index is 0.0421. The molecule has 0 saturated heterocycles. The lowest BCUT2D eigenvalue weighted by atomic mass is 9.80. The summed E-state index contributed by atoms with van der Waals surface area (Å²) in [7, 11) is 0. The quantitative estimate of drug-likeness (QED) is 0.771. The van der Waals surface area contributed by atoms with Gasteiger partial charge in [-0.25, -0.2) is 0 Å². The highest BCUT2D eigenvalue weighted by Gasteiger charge is 2.36. The largest absolute Gasteiger partial charge is 0.490 e. The van der Waals surface area contributed by atoms with Gasteiger partial charge in [0, 0.05) is 0 Å². The Morgan fingerprint density at radius 1 is 1.24 bits per heavy atom. The monoisotopic (exact) mass is 244 g/mol. The van der Waals surface area contributed by atoms with Gasteiger partial charge >= 0.3 is 6.18 Å². The third-order valence-electron chi connectivity index (χ3n) is 3.26. The second kappa shape index (κ2) is 4.59. The maximum atomic E-state index is 12.7. The van der Waals surface area contributed by atoms with Crippen LogP contribution in [0, 0.1) is 5.92 Å². The molecule has 1 nitrogen and oxygen atoms in total. The molecule has 0 unspecified atom stereocenters. The zero-order valence-corrected chi connectivity index (χ0v) is 9.63. The first kappa shape index (κ1) is 12.3. The Labute approximate surface area is 98.6 Å². The van der Waals surface area contributed by atoms with Gasteiger partial charge in [0.1, 0.15) is 5.75 Å². The molecule has 0 atom stereocenters. The van der Waals surface area contributed by atoms with Crippen molar-refractivity contribution in [3.63, 3.8) is 0 Å². The summed E-state index contributed by atoms with van der Waals surface area (Å²) in [6.45, 7) is 2.09. The first-order valence-corrected chi connectivity index (χ1v) is 5.83. The first-order valence-electron chi connectivity index (χ1n) is 5.83. The highest BCUT2D eigenvalue weighted by Crippen LogP contribution is 2.39. The van der Waals surface area contributed by atoms with Gasteiger partial charge in [0.25, 0.3) is 0 Å². The van der Waals surface area contributed by atoms with Crippen LogP contribution < -0.4 is 4.74 Å². The minimum atomic E-state index is -4.34. The molecule has 0 bridgehead atoms. The van der Waals surface area contributed by atoms with Crippen LogP contribution in [0.1, 0.15) is 31.7 Å². The second-order valence-corrected chi connectivity index (χ2v) is 4.48. The normalized spacial score (nSPS) is 24.2. The molecule has 1 aliphatic rings. The summed E-state index contributed by atoms with van der Waals surface area (Å²) in [4.78, 5) is 0. The summed E-state index contributed by atoms with van der Waals surface area (Å²) >= 11 is 0. The van der Waals surface area contributed by atoms with Gasteiger partial charge in [0.05, 0.1) is 11.7 Å². The third kappa shape index (κ3) is 2.73. The van der Waals surface area contributed by atoms with Crippen molar-refractivity contribution in [2.24, 2.45) is 5.92 Å². The van der Waals surface area contributed by atoms with Gasteiger partial charge in [0.2, 0.25) is 0 Å². The topological polar surface area (TPSA) is 9.23 Å². The molecular formula is C13H15F3O. The number of hydrogen-bond acceptors (Lipinski definition) is 1. The van der Waals surface area contributed by atoms with E-state index in [-0.39, 0.29) is 11.9 Å². The van der Waals surface area contributed by atoms with E-state index in [4.69, 9.17) is 4.74 Å². The molecule has 0 amide bonds. The lowest BCUT2D eigenvalue weighted by Gasteiger charge is -2.35. The van der Waals surface area contributed by atoms with Gasteiger partial charge in [-0.1, -0.05) is 25.5 Å². The second-order valence-electron chi connectivity index (χ2n) is 4.48. The van der Waals surface area contributed by atoms with Crippen LogP contribution in [-0.4, -0.2) is 6.10 Å². The number of alkyl halides is 3. The summed E-state index contributed by atoms with van der Waals surface area (Å²) < 4.78 is 43.5. The highest BCUT2D eigenvalue weighted by atomic mass is 19.4. The molecule has 94 valence electrons. The molecule has 0 heterocycles. The Morgan fingerprint density at radius 2 is 1.88 bits per heavy atom. The van der Waals surface area contributed by atoms with E-state index in [1.807, 2.05) is 0 Å². The van der Waals surface area contributed by atoms with Crippen molar-refractivity contribution >= 4 is 0 Å². The number of halogens is 3. The Kier molecular flexibility index (Phi) is 3.31. The van der Waals surface area contributed by atoms with Crippen LogP contribution in [0.2, 0.25) is 0 Å². The number of rotatable bonds is 3. The molecule has 1 fully saturated rings. The van der Waals surface area contributed by atoms with Crippen LogP contribution in [0.25, 0.3) is 0 Å². The van der Waals surface area contributed by atoms with Gasteiger partial charge in [-0.3, -0.25) is 0 Å². The Bertz CT molecular complexity index is 380. The molecule has 1 aromatic carbocycles. The van der Waals surface area contributed by atoms with Crippen LogP contribution in [0.3, 0.4) is 0 Å². The van der Waals surface area contributed by atoms with E-state index in [1.165, 1.54) is 12.1 Å². The average molecular weight is 244 g/mol. The van der Waals surface area contributed by atoms with Gasteiger partial charge in [-0.15, -0.1) is 0 Å². The minimum Gasteiger partial charge on any atom is -0.490 e. The van der Waals surface area contributed by atoms with Crippen molar-refractivity contribution in [1.29, 1.82) is 0 Å². The standard InChI is InChI=1S/C13H15F3O/c1-2-9-7-10(8-9)17-12-6-4-3-5-11(12)13(14,15)16/h3-6,9-10H,2,7-8H2,1H3/t9-,10-. The summed E-state index contributed by atoms with van der Waals surface area (Å²) in [5, 5.41) is 0. The fourth-order valence-electron chi connectivity index (χ4n) is 2.09. The molecule has 2 rings (SSSR count). The van der Waals surface area contributed by atoms with Gasteiger partial charge in [0.15, 0.2) is 0 Å². The summed E-state index contributed by atoms with van der Waals surface area (Å²) in [6, 6.07) is 5.40. The predicted octanol–water partition coefficient (Wildman–Crippen LogP) is 4.27. The Morgan fingerprint density at radius 3 is 2.47 bits per heavy atom. The molecule has 0 aliphatic heterocycles. The molecule has 1 aromatic rings. The van der Waals surface area contributed by atoms with Crippen LogP contribution in [0.5, 0.6) is 5.75 Å². The number of benzene rings is 1. The molecule has 4 heteroatoms. The molecular weight excluding hydrogens is 229 g/mol. The zero-order valence-electron chi connectivity index (χ0n) is 9.63. The van der Waals surface area contributed by atoms with E-state index >= 15 is 0 Å². The lowest BCUT2D eigenvalue weighted by molar-refractivity contribution is -0.139. The van der Waals surface area contributed by atoms with E-state index in [2.05, 4.69) is 6.92 Å². The highest BCUT2D eigenvalue weighted by molar-refractivity contribution is 5.35. The van der Waals surface area contributed by atoms with Gasteiger partial charge < -0.3 is 4.74 Å². The summed E-state index contributed by atoms with van der Waals surface area (Å²) in [5.41, 5.74) is -0.681. The fraction of sp³-hybridized carbons (Fsp3) is 0.538. The lowest BCUT2D eigenvalue weighted by Crippen LogP contribution is -2.33. The van der Waals surface area contributed by atoms with Crippen molar-refractivity contribution in [1.82, 2.24) is 0 Å². The van der Waals surface area contributed by atoms with Crippen molar-refractivity contribution in [2.75, 3.05) is 0 Å². The number of hydrogen-bond donors (Lipinski definition) is 0. The maximum absolute atomic E-state index is 12.7. The van der Waals surface area contributed by atoms with Crippen LogP contribution in [0.15, 0.2) is 24.3 Å². The molecule has 1 aliphatic carbocycles. The van der Waals surface area contributed by atoms with E-state index < -0.39 is 11.7 Å². The molecule has 17 heavy (non-hydrogen) atoms. The predicted molar refractivity (Wildman–Crippen MR) is 58.9 cm³/mol. The van der Waals surface area contributed by atoms with E-state index in [9.17, 15) is 13.2 Å². The molecule has 0 N–H and O–H groups in total. The molecule has 0 aromatic heterocycles. The van der Waals surface area contributed by atoms with Gasteiger partial charge in [-0.2, -0.15) is 13.2 Å². The molecule has 0 radical (unpaired) electrons. The SMILES string of the molecule is CC[C@H]1C[C@H](Oc2ccccc2C(F)(F)F)C1. The zero-order chi connectivity index (χ0) is 12.5. The summed E-state index contributed by atoms with van der Waals surface area (Å²) in [6.07, 6.45) is -1.60. The smallest absolute Gasteiger partial charge is 0.419 e. The average Bonchev–Trinajstić information content (AvgIpc) is 2.22. The van der Waals surface area contributed by atoms with E-state index in [1.54, 1.807) is 6.07 Å². The third-order valence-corrected chi connectivity index (χ3v) is 3.26. The fourth-order valence-corrected chi connectivity index (χ4v) is 2.09. The molecule has 0 spiro atoms. The van der Waals surface area contributed by atoms with Crippen molar-refractivity contribution in [3.8, 4) is 5.75 Å². The first-order chi connectivity index (χ1) is 8.00. The summed E-state index contributed by atoms with van der Waals surface area (Å²) in [5.74, 6) is 0.567. The van der Waals surface area contributed by atoms with Crippen LogP contribution in [0.4, 0.5) is 13.2 Å². The number of ether oxygens (including phenoxy) is 1.